The van der Waals surface area contributed by atoms with Gasteiger partial charge in [-0.3, -0.25) is 14.4 Å². The molecule has 1 aliphatic heterocycles. The first-order valence-electron chi connectivity index (χ1n) is 13.0. The molecule has 0 aromatic rings. The molecule has 2 fully saturated rings. The number of methoxy groups -OCH3 is 1. The molecule has 1 saturated carbocycles. The first-order chi connectivity index (χ1) is 17.4. The molecule has 1 heterocycles. The first-order valence-corrected chi connectivity index (χ1v) is 13.0. The van der Waals surface area contributed by atoms with Crippen LogP contribution in [0.25, 0.3) is 0 Å². The Morgan fingerprint density at radius 1 is 1.11 bits per heavy atom. The van der Waals surface area contributed by atoms with E-state index in [4.69, 9.17) is 10.5 Å². The van der Waals surface area contributed by atoms with Crippen LogP contribution in [0.5, 0.6) is 0 Å². The Hall–Kier alpha value is -3.05. The Morgan fingerprint density at radius 2 is 1.78 bits per heavy atom. The predicted molar refractivity (Wildman–Crippen MR) is 136 cm³/mol. The van der Waals surface area contributed by atoms with Crippen molar-refractivity contribution in [3.8, 4) is 0 Å². The third-order valence-electron chi connectivity index (χ3n) is 6.74. The van der Waals surface area contributed by atoms with Crippen LogP contribution in [0.4, 0.5) is 9.59 Å². The van der Waals surface area contributed by atoms with E-state index in [-0.39, 0.29) is 41.5 Å². The molecule has 2 rings (SSSR count). The van der Waals surface area contributed by atoms with Gasteiger partial charge in [0.05, 0.1) is 13.7 Å². The van der Waals surface area contributed by atoms with Gasteiger partial charge < -0.3 is 30.7 Å². The molecule has 0 spiro atoms. The Kier molecular flexibility index (Phi) is 11.4. The number of oxime groups is 1. The van der Waals surface area contributed by atoms with Gasteiger partial charge in [0.2, 0.25) is 11.8 Å². The van der Waals surface area contributed by atoms with Crippen LogP contribution in [0.3, 0.4) is 0 Å². The monoisotopic (exact) mass is 525 g/mol. The summed E-state index contributed by atoms with van der Waals surface area (Å²) in [6.45, 7) is 8.87. The van der Waals surface area contributed by atoms with Gasteiger partial charge in [-0.05, 0) is 63.2 Å². The largest absolute Gasteiger partial charge is 0.534 e. The molecule has 0 aromatic carbocycles. The number of nitrogens with one attached hydrogen (secondary N) is 2. The van der Waals surface area contributed by atoms with Gasteiger partial charge in [-0.1, -0.05) is 25.9 Å². The van der Waals surface area contributed by atoms with Gasteiger partial charge in [0.15, 0.2) is 0 Å². The molecule has 12 heteroatoms. The van der Waals surface area contributed by atoms with E-state index in [0.717, 1.165) is 32.1 Å². The van der Waals surface area contributed by atoms with E-state index in [0.29, 0.717) is 25.9 Å². The van der Waals surface area contributed by atoms with Crippen molar-refractivity contribution in [2.24, 2.45) is 28.1 Å². The number of rotatable bonds is 9. The van der Waals surface area contributed by atoms with Crippen molar-refractivity contribution < 1.29 is 33.5 Å². The van der Waals surface area contributed by atoms with Crippen molar-refractivity contribution in [1.29, 1.82) is 0 Å². The number of hydrogen-bond acceptors (Lipinski definition) is 8. The van der Waals surface area contributed by atoms with Crippen LogP contribution < -0.4 is 16.4 Å². The van der Waals surface area contributed by atoms with Crippen molar-refractivity contribution >= 4 is 29.9 Å². The maximum atomic E-state index is 13.4. The summed E-state index contributed by atoms with van der Waals surface area (Å²) >= 11 is 0. The molecule has 0 radical (unpaired) electrons. The minimum Gasteiger partial charge on any atom is -0.450 e. The van der Waals surface area contributed by atoms with Crippen molar-refractivity contribution in [2.45, 2.75) is 84.7 Å². The first kappa shape index (κ1) is 30.2. The second-order valence-electron chi connectivity index (χ2n) is 10.9. The highest BCUT2D eigenvalue weighted by Crippen LogP contribution is 2.29. The molecule has 0 aromatic heterocycles. The predicted octanol–water partition coefficient (Wildman–Crippen LogP) is 2.51. The number of carbonyl (C=O) groups excluding carboxylic acids is 4. The molecule has 2 aliphatic rings. The lowest BCUT2D eigenvalue weighted by atomic mass is 9.81. The lowest BCUT2D eigenvalue weighted by molar-refractivity contribution is -0.140. The maximum absolute atomic E-state index is 13.4. The second kappa shape index (κ2) is 14.0. The quantitative estimate of drug-likeness (QED) is 0.136. The highest BCUT2D eigenvalue weighted by Gasteiger charge is 2.39. The summed E-state index contributed by atoms with van der Waals surface area (Å²) in [6.07, 6.45) is 3.39. The van der Waals surface area contributed by atoms with Gasteiger partial charge in [-0.15, -0.1) is 0 Å². The zero-order valence-electron chi connectivity index (χ0n) is 22.7. The fourth-order valence-electron chi connectivity index (χ4n) is 4.86. The molecule has 1 aliphatic carbocycles. The lowest BCUT2D eigenvalue weighted by Crippen LogP contribution is -2.54. The number of hydrogen-bond donors (Lipinski definition) is 3. The fourth-order valence-corrected chi connectivity index (χ4v) is 4.86. The van der Waals surface area contributed by atoms with Crippen LogP contribution >= 0.6 is 0 Å². The summed E-state index contributed by atoms with van der Waals surface area (Å²) in [5.74, 6) is 0.107. The van der Waals surface area contributed by atoms with Crippen LogP contribution in [0.2, 0.25) is 0 Å². The Labute approximate surface area is 219 Å². The summed E-state index contributed by atoms with van der Waals surface area (Å²) < 4.78 is 9.36. The Balaban J connectivity index is 1.90. The number of alkyl carbamates (subject to hydrolysis) is 1. The zero-order valence-corrected chi connectivity index (χ0v) is 22.7. The molecule has 12 nitrogen and oxygen atoms in total. The average molecular weight is 526 g/mol. The van der Waals surface area contributed by atoms with E-state index in [1.54, 1.807) is 11.8 Å². The molecule has 4 N–H and O–H groups in total. The minimum atomic E-state index is -0.916. The second-order valence-corrected chi connectivity index (χ2v) is 10.9. The van der Waals surface area contributed by atoms with E-state index >= 15 is 0 Å². The lowest BCUT2D eigenvalue weighted by Gasteiger charge is -2.32. The number of nitrogens with zero attached hydrogens (tertiary/aromatic N) is 2. The normalized spacial score (nSPS) is 23.1. The SMILES string of the molecule is CCOC(=O)N[C@H](CC(C)(C)C)C(=O)N1CCC[C@H]1C(=O)NCC1CCC(C(N)=NOC(=O)OC)CC1. The zero-order chi connectivity index (χ0) is 27.6. The molecule has 1 saturated heterocycles. The minimum absolute atomic E-state index is 0.00574. The van der Waals surface area contributed by atoms with Gasteiger partial charge in [0.1, 0.15) is 17.9 Å². The van der Waals surface area contributed by atoms with E-state index in [9.17, 15) is 19.2 Å². The number of carbonyl (C=O) groups is 4. The highest BCUT2D eigenvalue weighted by molar-refractivity contribution is 5.92. The van der Waals surface area contributed by atoms with Crippen LogP contribution in [0, 0.1) is 17.3 Å². The smallest absolute Gasteiger partial charge is 0.450 e. The average Bonchev–Trinajstić information content (AvgIpc) is 3.34. The van der Waals surface area contributed by atoms with E-state index in [1.807, 2.05) is 20.8 Å². The van der Waals surface area contributed by atoms with E-state index in [2.05, 4.69) is 25.4 Å². The molecule has 210 valence electrons. The molecule has 37 heavy (non-hydrogen) atoms. The molecular weight excluding hydrogens is 482 g/mol. The number of likely N-dealkylation sites (tertiary alicyclic amines) is 1. The van der Waals surface area contributed by atoms with Gasteiger partial charge in [-0.25, -0.2) is 9.59 Å². The van der Waals surface area contributed by atoms with E-state index in [1.165, 1.54) is 7.11 Å². The summed E-state index contributed by atoms with van der Waals surface area (Å²) in [4.78, 5) is 55.7. The number of ether oxygens (including phenoxy) is 2. The highest BCUT2D eigenvalue weighted by atomic mass is 16.8. The third kappa shape index (κ3) is 9.73. The molecule has 2 atom stereocenters. The van der Waals surface area contributed by atoms with Crippen molar-refractivity contribution in [1.82, 2.24) is 15.5 Å². The molecule has 0 bridgehead atoms. The fraction of sp³-hybridized carbons (Fsp3) is 0.800. The summed E-state index contributed by atoms with van der Waals surface area (Å²) in [5.41, 5.74) is 5.72. The Morgan fingerprint density at radius 3 is 2.38 bits per heavy atom. The summed E-state index contributed by atoms with van der Waals surface area (Å²) in [5, 5.41) is 9.35. The van der Waals surface area contributed by atoms with Crippen LogP contribution in [-0.2, 0) is 23.9 Å². The third-order valence-corrected chi connectivity index (χ3v) is 6.74. The van der Waals surface area contributed by atoms with Crippen molar-refractivity contribution in [2.75, 3.05) is 26.8 Å². The topological polar surface area (TPSA) is 162 Å². The number of amidine groups is 1. The molecular formula is C25H43N5O7. The number of amides is 3. The van der Waals surface area contributed by atoms with Gasteiger partial charge in [-0.2, -0.15) is 0 Å². The van der Waals surface area contributed by atoms with E-state index < -0.39 is 24.3 Å². The summed E-state index contributed by atoms with van der Waals surface area (Å²) in [7, 11) is 1.19. The Bertz CT molecular complexity index is 834. The van der Waals surface area contributed by atoms with Crippen LogP contribution in [0.15, 0.2) is 5.16 Å². The van der Waals surface area contributed by atoms with Crippen molar-refractivity contribution in [3.63, 3.8) is 0 Å². The van der Waals surface area contributed by atoms with Gasteiger partial charge >= 0.3 is 12.2 Å². The van der Waals surface area contributed by atoms with Crippen molar-refractivity contribution in [3.05, 3.63) is 0 Å². The van der Waals surface area contributed by atoms with Crippen LogP contribution in [-0.4, -0.2) is 73.7 Å². The summed E-state index contributed by atoms with van der Waals surface area (Å²) in [6, 6.07) is -1.33. The number of nitrogens with two attached hydrogens (primary N) is 1. The maximum Gasteiger partial charge on any atom is 0.534 e. The standard InChI is InChI=1S/C25H43N5O7/c1-6-36-23(33)28-18(14-25(2,3)4)22(32)30-13-7-8-19(30)21(31)27-15-16-9-11-17(12-10-16)20(26)29-37-24(34)35-5/h16-19H,6-15H2,1-5H3,(H2,26,29)(H,27,31)(H,28,33)/t16?,17?,18-,19+/m1/s1. The van der Waals surface area contributed by atoms with Crippen LogP contribution in [0.1, 0.15) is 72.6 Å². The molecule has 0 unspecified atom stereocenters. The molecule has 3 amide bonds. The van der Waals surface area contributed by atoms with Gasteiger partial charge in [0.25, 0.3) is 0 Å². The van der Waals surface area contributed by atoms with Gasteiger partial charge in [0, 0.05) is 19.0 Å².